The molecule has 3 aromatic carbocycles. The second-order valence-electron chi connectivity index (χ2n) is 5.60. The minimum Gasteiger partial charge on any atom is -0.496 e. The number of hydrogen-bond acceptors (Lipinski definition) is 3. The Morgan fingerprint density at radius 1 is 0.792 bits per heavy atom. The summed E-state index contributed by atoms with van der Waals surface area (Å²) in [5.74, 6) is 1.69. The van der Waals surface area contributed by atoms with Crippen molar-refractivity contribution < 1.29 is 14.2 Å². The van der Waals surface area contributed by atoms with Crippen LogP contribution in [0.1, 0.15) is 11.1 Å². The Balaban J connectivity index is 1.76. The Hall–Kier alpha value is -2.52. The molecule has 0 aliphatic heterocycles. The highest BCUT2D eigenvalue weighted by molar-refractivity contribution is 5.94. The SMILES string of the molecule is COc1cc(COCCc2ccccc2)c(OC)c2ccccc12. The average Bonchev–Trinajstić information content (AvgIpc) is 2.65. The summed E-state index contributed by atoms with van der Waals surface area (Å²) in [6.45, 7) is 1.17. The second kappa shape index (κ2) is 7.84. The number of ether oxygens (including phenoxy) is 3. The quantitative estimate of drug-likeness (QED) is 0.594. The minimum atomic E-state index is 0.497. The molecule has 0 aliphatic carbocycles. The summed E-state index contributed by atoms with van der Waals surface area (Å²) in [5, 5.41) is 2.09. The van der Waals surface area contributed by atoms with Crippen LogP contribution in [0.3, 0.4) is 0 Å². The zero-order valence-corrected chi connectivity index (χ0v) is 14.1. The minimum absolute atomic E-state index is 0.497. The lowest BCUT2D eigenvalue weighted by molar-refractivity contribution is 0.122. The Labute approximate surface area is 142 Å². The van der Waals surface area contributed by atoms with Crippen LogP contribution in [0.25, 0.3) is 10.8 Å². The van der Waals surface area contributed by atoms with Crippen LogP contribution in [0.4, 0.5) is 0 Å². The van der Waals surface area contributed by atoms with Crippen molar-refractivity contribution >= 4 is 10.8 Å². The lowest BCUT2D eigenvalue weighted by atomic mass is 10.0. The smallest absolute Gasteiger partial charge is 0.132 e. The van der Waals surface area contributed by atoms with Crippen LogP contribution in [0, 0.1) is 0 Å². The molecule has 3 nitrogen and oxygen atoms in total. The molecule has 0 aliphatic rings. The number of methoxy groups -OCH3 is 2. The fourth-order valence-electron chi connectivity index (χ4n) is 2.90. The number of hydrogen-bond donors (Lipinski definition) is 0. The van der Waals surface area contributed by atoms with E-state index in [-0.39, 0.29) is 0 Å². The average molecular weight is 322 g/mol. The summed E-state index contributed by atoms with van der Waals surface area (Å²) in [5.41, 5.74) is 2.28. The highest BCUT2D eigenvalue weighted by atomic mass is 16.5. The maximum atomic E-state index is 5.88. The first-order valence-corrected chi connectivity index (χ1v) is 8.07. The van der Waals surface area contributed by atoms with E-state index in [4.69, 9.17) is 14.2 Å². The van der Waals surface area contributed by atoms with Crippen LogP contribution in [0.2, 0.25) is 0 Å². The van der Waals surface area contributed by atoms with Crippen molar-refractivity contribution in [3.8, 4) is 11.5 Å². The number of fused-ring (bicyclic) bond motifs is 1. The summed E-state index contributed by atoms with van der Waals surface area (Å²) in [4.78, 5) is 0. The third-order valence-corrected chi connectivity index (χ3v) is 4.09. The van der Waals surface area contributed by atoms with Gasteiger partial charge in [-0.1, -0.05) is 54.6 Å². The van der Waals surface area contributed by atoms with Crippen molar-refractivity contribution in [2.24, 2.45) is 0 Å². The molecule has 0 fully saturated rings. The van der Waals surface area contributed by atoms with Crippen LogP contribution in [-0.4, -0.2) is 20.8 Å². The highest BCUT2D eigenvalue weighted by Crippen LogP contribution is 2.36. The molecule has 0 saturated carbocycles. The van der Waals surface area contributed by atoms with E-state index < -0.39 is 0 Å². The van der Waals surface area contributed by atoms with Gasteiger partial charge in [0.15, 0.2) is 0 Å². The van der Waals surface area contributed by atoms with Gasteiger partial charge in [0.25, 0.3) is 0 Å². The van der Waals surface area contributed by atoms with E-state index in [9.17, 15) is 0 Å². The van der Waals surface area contributed by atoms with Crippen LogP contribution in [0.5, 0.6) is 11.5 Å². The van der Waals surface area contributed by atoms with Gasteiger partial charge in [-0.15, -0.1) is 0 Å². The Morgan fingerprint density at radius 3 is 2.21 bits per heavy atom. The normalized spacial score (nSPS) is 10.8. The van der Waals surface area contributed by atoms with E-state index in [1.165, 1.54) is 5.56 Å². The summed E-state index contributed by atoms with van der Waals surface area (Å²) in [7, 11) is 3.38. The fraction of sp³-hybridized carbons (Fsp3) is 0.238. The summed E-state index contributed by atoms with van der Waals surface area (Å²) in [6.07, 6.45) is 0.897. The summed E-state index contributed by atoms with van der Waals surface area (Å²) < 4.78 is 17.0. The molecule has 0 unspecified atom stereocenters. The third-order valence-electron chi connectivity index (χ3n) is 4.09. The molecule has 24 heavy (non-hydrogen) atoms. The molecule has 124 valence electrons. The van der Waals surface area contributed by atoms with Gasteiger partial charge in [0.1, 0.15) is 11.5 Å². The molecule has 0 bridgehead atoms. The molecule has 3 aromatic rings. The molecule has 0 saturated heterocycles. The summed E-state index contributed by atoms with van der Waals surface area (Å²) >= 11 is 0. The van der Waals surface area contributed by atoms with Gasteiger partial charge in [0.2, 0.25) is 0 Å². The second-order valence-corrected chi connectivity index (χ2v) is 5.60. The molecule has 0 amide bonds. The van der Waals surface area contributed by atoms with Crippen molar-refractivity contribution in [1.82, 2.24) is 0 Å². The molecule has 0 spiro atoms. The van der Waals surface area contributed by atoms with Crippen LogP contribution in [0.15, 0.2) is 60.7 Å². The zero-order valence-electron chi connectivity index (χ0n) is 14.1. The maximum absolute atomic E-state index is 5.88. The van der Waals surface area contributed by atoms with Crippen molar-refractivity contribution in [2.45, 2.75) is 13.0 Å². The highest BCUT2D eigenvalue weighted by Gasteiger charge is 2.13. The van der Waals surface area contributed by atoms with Gasteiger partial charge in [-0.25, -0.2) is 0 Å². The molecular formula is C21H22O3. The van der Waals surface area contributed by atoms with Crippen LogP contribution < -0.4 is 9.47 Å². The molecular weight excluding hydrogens is 300 g/mol. The first-order chi connectivity index (χ1) is 11.8. The molecule has 0 radical (unpaired) electrons. The van der Waals surface area contributed by atoms with Gasteiger partial charge >= 0.3 is 0 Å². The Morgan fingerprint density at radius 2 is 1.50 bits per heavy atom. The lowest BCUT2D eigenvalue weighted by Gasteiger charge is -2.15. The fourth-order valence-corrected chi connectivity index (χ4v) is 2.90. The van der Waals surface area contributed by atoms with E-state index in [1.807, 2.05) is 48.5 Å². The van der Waals surface area contributed by atoms with Crippen LogP contribution in [-0.2, 0) is 17.8 Å². The predicted molar refractivity (Wildman–Crippen MR) is 96.9 cm³/mol. The van der Waals surface area contributed by atoms with Gasteiger partial charge in [-0.05, 0) is 18.1 Å². The first-order valence-electron chi connectivity index (χ1n) is 8.07. The van der Waals surface area contributed by atoms with Gasteiger partial charge < -0.3 is 14.2 Å². The topological polar surface area (TPSA) is 27.7 Å². The van der Waals surface area contributed by atoms with Gasteiger partial charge in [-0.3, -0.25) is 0 Å². The van der Waals surface area contributed by atoms with E-state index in [2.05, 4.69) is 12.1 Å². The third kappa shape index (κ3) is 3.52. The lowest BCUT2D eigenvalue weighted by Crippen LogP contribution is -2.02. The van der Waals surface area contributed by atoms with Gasteiger partial charge in [0.05, 0.1) is 27.4 Å². The van der Waals surface area contributed by atoms with Crippen molar-refractivity contribution in [1.29, 1.82) is 0 Å². The van der Waals surface area contributed by atoms with E-state index >= 15 is 0 Å². The number of rotatable bonds is 7. The summed E-state index contributed by atoms with van der Waals surface area (Å²) in [6, 6.07) is 20.4. The zero-order chi connectivity index (χ0) is 16.8. The largest absolute Gasteiger partial charge is 0.496 e. The molecule has 0 aromatic heterocycles. The molecule has 0 atom stereocenters. The molecule has 0 heterocycles. The standard InChI is InChI=1S/C21H22O3/c1-22-20-14-17(15-24-13-12-16-8-4-3-5-9-16)21(23-2)19-11-7-6-10-18(19)20/h3-11,14H,12-13,15H2,1-2H3. The van der Waals surface area contributed by atoms with E-state index in [0.29, 0.717) is 13.2 Å². The Bertz CT molecular complexity index is 797. The van der Waals surface area contributed by atoms with E-state index in [0.717, 1.165) is 34.3 Å². The molecule has 3 heteroatoms. The Kier molecular flexibility index (Phi) is 5.34. The van der Waals surface area contributed by atoms with Crippen molar-refractivity contribution in [2.75, 3.05) is 20.8 Å². The van der Waals surface area contributed by atoms with Crippen LogP contribution >= 0.6 is 0 Å². The monoisotopic (exact) mass is 322 g/mol. The van der Waals surface area contributed by atoms with E-state index in [1.54, 1.807) is 14.2 Å². The molecule has 3 rings (SSSR count). The first kappa shape index (κ1) is 16.3. The maximum Gasteiger partial charge on any atom is 0.132 e. The molecule has 0 N–H and O–H groups in total. The number of benzene rings is 3. The van der Waals surface area contributed by atoms with Crippen molar-refractivity contribution in [3.63, 3.8) is 0 Å². The predicted octanol–water partition coefficient (Wildman–Crippen LogP) is 4.62. The van der Waals surface area contributed by atoms with Gasteiger partial charge in [0, 0.05) is 16.3 Å². The van der Waals surface area contributed by atoms with Gasteiger partial charge in [-0.2, -0.15) is 0 Å². The van der Waals surface area contributed by atoms with Crippen molar-refractivity contribution in [3.05, 3.63) is 71.8 Å².